The Balaban J connectivity index is 1.29. The Bertz CT molecular complexity index is 1130. The lowest BCUT2D eigenvalue weighted by Gasteiger charge is -2.35. The van der Waals surface area contributed by atoms with E-state index in [2.05, 4.69) is 29.0 Å². The molecule has 2 aliphatic rings. The lowest BCUT2D eigenvalue weighted by Crippen LogP contribution is -2.49. The SMILES string of the molecule is COc1ccc(S(=O)(=O)N[C@H]2C=C[C@H](CC(=O)N3CCC(Cc4ccccc4)CC3)O[C@H]2CO)cc1. The average Bonchev–Trinajstić information content (AvgIpc) is 2.90. The van der Waals surface area contributed by atoms with Crippen molar-refractivity contribution in [3.63, 3.8) is 0 Å². The van der Waals surface area contributed by atoms with Crippen molar-refractivity contribution < 1.29 is 27.8 Å². The molecule has 4 rings (SSSR count). The molecule has 1 fully saturated rings. The highest BCUT2D eigenvalue weighted by Crippen LogP contribution is 2.24. The highest BCUT2D eigenvalue weighted by Gasteiger charge is 2.32. The van der Waals surface area contributed by atoms with E-state index in [-0.39, 0.29) is 23.8 Å². The van der Waals surface area contributed by atoms with Crippen LogP contribution in [0.4, 0.5) is 0 Å². The van der Waals surface area contributed by atoms with Crippen molar-refractivity contribution >= 4 is 15.9 Å². The Kier molecular flexibility index (Phi) is 8.79. The Hall–Kier alpha value is -2.72. The molecule has 8 nitrogen and oxygen atoms in total. The van der Waals surface area contributed by atoms with Crippen molar-refractivity contribution in [2.24, 2.45) is 5.92 Å². The summed E-state index contributed by atoms with van der Waals surface area (Å²) in [6, 6.07) is 15.7. The van der Waals surface area contributed by atoms with Crippen molar-refractivity contribution in [3.05, 3.63) is 72.3 Å². The van der Waals surface area contributed by atoms with E-state index in [4.69, 9.17) is 9.47 Å². The number of nitrogens with zero attached hydrogens (tertiary/aromatic N) is 1. The van der Waals surface area contributed by atoms with Gasteiger partial charge in [-0.2, -0.15) is 0 Å². The number of rotatable bonds is 9. The summed E-state index contributed by atoms with van der Waals surface area (Å²) >= 11 is 0. The Morgan fingerprint density at radius 3 is 2.42 bits per heavy atom. The van der Waals surface area contributed by atoms with Gasteiger partial charge in [-0.05, 0) is 55.0 Å². The van der Waals surface area contributed by atoms with E-state index in [1.807, 2.05) is 11.0 Å². The number of piperidine rings is 1. The zero-order chi connectivity index (χ0) is 25.5. The second-order valence-electron chi connectivity index (χ2n) is 9.32. The molecule has 36 heavy (non-hydrogen) atoms. The highest BCUT2D eigenvalue weighted by molar-refractivity contribution is 7.89. The Morgan fingerprint density at radius 2 is 1.78 bits per heavy atom. The normalized spacial score (nSPS) is 22.9. The summed E-state index contributed by atoms with van der Waals surface area (Å²) in [6.07, 6.45) is 5.18. The zero-order valence-corrected chi connectivity index (χ0v) is 21.3. The number of hydrogen-bond acceptors (Lipinski definition) is 6. The molecule has 2 aromatic rings. The van der Waals surface area contributed by atoms with Crippen LogP contribution in [0, 0.1) is 5.92 Å². The molecule has 0 spiro atoms. The molecule has 0 radical (unpaired) electrons. The predicted molar refractivity (Wildman–Crippen MR) is 136 cm³/mol. The van der Waals surface area contributed by atoms with Crippen molar-refractivity contribution in [3.8, 4) is 5.75 Å². The topological polar surface area (TPSA) is 105 Å². The summed E-state index contributed by atoms with van der Waals surface area (Å²) in [7, 11) is -2.33. The summed E-state index contributed by atoms with van der Waals surface area (Å²) in [5.74, 6) is 1.13. The van der Waals surface area contributed by atoms with Gasteiger partial charge in [0.15, 0.2) is 0 Å². The van der Waals surface area contributed by atoms with E-state index in [0.29, 0.717) is 11.7 Å². The summed E-state index contributed by atoms with van der Waals surface area (Å²) in [4.78, 5) is 14.9. The minimum atomic E-state index is -3.84. The first kappa shape index (κ1) is 26.3. The van der Waals surface area contributed by atoms with Crippen LogP contribution in [0.25, 0.3) is 0 Å². The van der Waals surface area contributed by atoms with Crippen LogP contribution in [0.5, 0.6) is 5.75 Å². The largest absolute Gasteiger partial charge is 0.497 e. The molecule has 194 valence electrons. The number of likely N-dealkylation sites (tertiary alicyclic amines) is 1. The molecule has 1 saturated heterocycles. The lowest BCUT2D eigenvalue weighted by molar-refractivity contribution is -0.136. The minimum absolute atomic E-state index is 0.0109. The minimum Gasteiger partial charge on any atom is -0.497 e. The van der Waals surface area contributed by atoms with Crippen LogP contribution in [-0.4, -0.2) is 69.4 Å². The van der Waals surface area contributed by atoms with Crippen LogP contribution in [0.3, 0.4) is 0 Å². The fraction of sp³-hybridized carbons (Fsp3) is 0.444. The third-order valence-electron chi connectivity index (χ3n) is 6.83. The van der Waals surface area contributed by atoms with Crippen LogP contribution in [0.15, 0.2) is 71.6 Å². The summed E-state index contributed by atoms with van der Waals surface area (Å²) in [5, 5.41) is 9.84. The van der Waals surface area contributed by atoms with Crippen molar-refractivity contribution in [2.75, 3.05) is 26.8 Å². The van der Waals surface area contributed by atoms with Crippen molar-refractivity contribution in [1.29, 1.82) is 0 Å². The van der Waals surface area contributed by atoms with Gasteiger partial charge in [-0.15, -0.1) is 0 Å². The van der Waals surface area contributed by atoms with Gasteiger partial charge in [0.2, 0.25) is 15.9 Å². The van der Waals surface area contributed by atoms with Crippen molar-refractivity contribution in [1.82, 2.24) is 9.62 Å². The second kappa shape index (κ2) is 12.0. The molecule has 2 N–H and O–H groups in total. The molecule has 2 aromatic carbocycles. The molecule has 0 unspecified atom stereocenters. The number of amides is 1. The molecule has 0 saturated carbocycles. The monoisotopic (exact) mass is 514 g/mol. The first-order valence-electron chi connectivity index (χ1n) is 12.3. The summed E-state index contributed by atoms with van der Waals surface area (Å²) in [5.41, 5.74) is 1.33. The molecular formula is C27H34N2O6S. The maximum atomic E-state index is 12.9. The summed E-state index contributed by atoms with van der Waals surface area (Å²) in [6.45, 7) is 1.07. The van der Waals surface area contributed by atoms with Gasteiger partial charge in [0, 0.05) is 13.1 Å². The van der Waals surface area contributed by atoms with Gasteiger partial charge in [0.05, 0.1) is 37.2 Å². The number of benzene rings is 2. The molecule has 0 bridgehead atoms. The van der Waals surface area contributed by atoms with E-state index < -0.39 is 28.3 Å². The van der Waals surface area contributed by atoms with Gasteiger partial charge in [-0.3, -0.25) is 4.79 Å². The fourth-order valence-electron chi connectivity index (χ4n) is 4.75. The lowest BCUT2D eigenvalue weighted by atomic mass is 9.90. The number of ether oxygens (including phenoxy) is 2. The second-order valence-corrected chi connectivity index (χ2v) is 11.0. The average molecular weight is 515 g/mol. The molecule has 2 heterocycles. The zero-order valence-electron chi connectivity index (χ0n) is 20.5. The molecule has 1 amide bonds. The van der Waals surface area contributed by atoms with Crippen LogP contribution >= 0.6 is 0 Å². The number of carbonyl (C=O) groups excluding carboxylic acids is 1. The van der Waals surface area contributed by atoms with E-state index in [9.17, 15) is 18.3 Å². The number of hydrogen-bond donors (Lipinski definition) is 2. The van der Waals surface area contributed by atoms with Crippen LogP contribution in [0.2, 0.25) is 0 Å². The number of carbonyl (C=O) groups is 1. The third kappa shape index (κ3) is 6.73. The maximum absolute atomic E-state index is 12.9. The number of nitrogens with one attached hydrogen (secondary N) is 1. The number of methoxy groups -OCH3 is 1. The van der Waals surface area contributed by atoms with Gasteiger partial charge in [-0.25, -0.2) is 13.1 Å². The van der Waals surface area contributed by atoms with Gasteiger partial charge < -0.3 is 19.5 Å². The fourth-order valence-corrected chi connectivity index (χ4v) is 5.97. The van der Waals surface area contributed by atoms with E-state index in [0.717, 1.165) is 32.4 Å². The number of aliphatic hydroxyl groups is 1. The maximum Gasteiger partial charge on any atom is 0.241 e. The smallest absolute Gasteiger partial charge is 0.241 e. The van der Waals surface area contributed by atoms with Gasteiger partial charge >= 0.3 is 0 Å². The predicted octanol–water partition coefficient (Wildman–Crippen LogP) is 2.53. The van der Waals surface area contributed by atoms with Crippen molar-refractivity contribution in [2.45, 2.75) is 48.8 Å². The van der Waals surface area contributed by atoms with Crippen LogP contribution in [0.1, 0.15) is 24.8 Å². The summed E-state index contributed by atoms with van der Waals surface area (Å²) < 4.78 is 39.1. The van der Waals surface area contributed by atoms with Gasteiger partial charge in [0.1, 0.15) is 11.9 Å². The number of sulfonamides is 1. The molecule has 9 heteroatoms. The van der Waals surface area contributed by atoms with Crippen LogP contribution < -0.4 is 9.46 Å². The molecule has 2 aliphatic heterocycles. The highest BCUT2D eigenvalue weighted by atomic mass is 32.2. The molecule has 0 aliphatic carbocycles. The first-order valence-corrected chi connectivity index (χ1v) is 13.8. The van der Waals surface area contributed by atoms with E-state index in [1.54, 1.807) is 24.3 Å². The van der Waals surface area contributed by atoms with Gasteiger partial charge in [-0.1, -0.05) is 42.5 Å². The van der Waals surface area contributed by atoms with E-state index >= 15 is 0 Å². The molecule has 3 atom stereocenters. The Morgan fingerprint density at radius 1 is 1.08 bits per heavy atom. The molecular weight excluding hydrogens is 480 g/mol. The molecule has 0 aromatic heterocycles. The quantitative estimate of drug-likeness (QED) is 0.499. The van der Waals surface area contributed by atoms with Crippen LogP contribution in [-0.2, 0) is 26.0 Å². The third-order valence-corrected chi connectivity index (χ3v) is 8.31. The van der Waals surface area contributed by atoms with Gasteiger partial charge in [0.25, 0.3) is 0 Å². The number of aliphatic hydroxyl groups excluding tert-OH is 1. The standard InChI is InChI=1S/C27H34N2O6S/c1-34-22-7-10-24(11-8-22)36(32,33)28-25-12-9-23(35-26(25)19-30)18-27(31)29-15-13-21(14-16-29)17-20-5-3-2-4-6-20/h2-12,21,23,25-26,28,30H,13-19H2,1H3/t23-,25+,26+/m1/s1. The Labute approximate surface area is 213 Å². The van der Waals surface area contributed by atoms with E-state index in [1.165, 1.54) is 24.8 Å². The first-order chi connectivity index (χ1) is 17.4.